The van der Waals surface area contributed by atoms with Gasteiger partial charge in [-0.3, -0.25) is 0 Å². The second-order valence-corrected chi connectivity index (χ2v) is 6.25. The van der Waals surface area contributed by atoms with Crippen LogP contribution in [0.15, 0.2) is 30.3 Å². The highest BCUT2D eigenvalue weighted by Crippen LogP contribution is 2.36. The van der Waals surface area contributed by atoms with Crippen LogP contribution in [0.2, 0.25) is 0 Å². The van der Waals surface area contributed by atoms with Gasteiger partial charge in [-0.05, 0) is 44.7 Å². The molecule has 0 spiro atoms. The summed E-state index contributed by atoms with van der Waals surface area (Å²) in [7, 11) is 0. The molecule has 1 fully saturated rings. The molecule has 0 amide bonds. The van der Waals surface area contributed by atoms with Crippen molar-refractivity contribution in [3.05, 3.63) is 35.9 Å². The topological polar surface area (TPSA) is 21.3 Å². The van der Waals surface area contributed by atoms with Gasteiger partial charge in [-0.15, -0.1) is 0 Å². The van der Waals surface area contributed by atoms with Crippen molar-refractivity contribution in [2.45, 2.75) is 70.4 Å². The zero-order chi connectivity index (χ0) is 15.0. The molecular weight excluding hydrogens is 258 g/mol. The molecule has 2 heteroatoms. The monoisotopic (exact) mass is 289 g/mol. The number of nitrogens with one attached hydrogen (secondary N) is 1. The van der Waals surface area contributed by atoms with Crippen LogP contribution < -0.4 is 5.32 Å². The largest absolute Gasteiger partial charge is 0.374 e. The summed E-state index contributed by atoms with van der Waals surface area (Å²) in [5, 5.41) is 3.79. The SMILES string of the molecule is CCCNC(Cc1ccccc1)C1(OCC)CCCCC1. The summed E-state index contributed by atoms with van der Waals surface area (Å²) in [5.74, 6) is 0. The number of ether oxygens (including phenoxy) is 1. The van der Waals surface area contributed by atoms with Gasteiger partial charge in [0.15, 0.2) is 0 Å². The average Bonchev–Trinajstić information content (AvgIpc) is 2.53. The standard InChI is InChI=1S/C19H31NO/c1-3-15-20-18(16-17-11-7-5-8-12-17)19(21-4-2)13-9-6-10-14-19/h5,7-8,11-12,18,20H,3-4,6,9-10,13-16H2,1-2H3. The lowest BCUT2D eigenvalue weighted by atomic mass is 9.77. The Balaban J connectivity index is 2.15. The number of hydrogen-bond acceptors (Lipinski definition) is 2. The lowest BCUT2D eigenvalue weighted by Gasteiger charge is -2.44. The van der Waals surface area contributed by atoms with Gasteiger partial charge in [0.05, 0.1) is 5.60 Å². The highest BCUT2D eigenvalue weighted by atomic mass is 16.5. The third-order valence-electron chi connectivity index (χ3n) is 4.69. The van der Waals surface area contributed by atoms with E-state index < -0.39 is 0 Å². The summed E-state index contributed by atoms with van der Waals surface area (Å²) in [5.41, 5.74) is 1.45. The van der Waals surface area contributed by atoms with Crippen molar-refractivity contribution in [2.75, 3.05) is 13.2 Å². The van der Waals surface area contributed by atoms with Crippen molar-refractivity contribution >= 4 is 0 Å². The zero-order valence-electron chi connectivity index (χ0n) is 13.7. The second kappa shape index (κ2) is 8.55. The Kier molecular flexibility index (Phi) is 6.72. The third-order valence-corrected chi connectivity index (χ3v) is 4.69. The minimum atomic E-state index is 0.0397. The average molecular weight is 289 g/mol. The highest BCUT2D eigenvalue weighted by Gasteiger charge is 2.40. The first-order chi connectivity index (χ1) is 10.3. The Bertz CT molecular complexity index is 378. The van der Waals surface area contributed by atoms with Crippen molar-refractivity contribution in [1.82, 2.24) is 5.32 Å². The van der Waals surface area contributed by atoms with Crippen molar-refractivity contribution in [3.8, 4) is 0 Å². The molecule has 1 atom stereocenters. The molecule has 0 bridgehead atoms. The molecule has 2 nitrogen and oxygen atoms in total. The van der Waals surface area contributed by atoms with E-state index in [4.69, 9.17) is 4.74 Å². The fourth-order valence-electron chi connectivity index (χ4n) is 3.64. The lowest BCUT2D eigenvalue weighted by molar-refractivity contribution is -0.0897. The highest BCUT2D eigenvalue weighted by molar-refractivity contribution is 5.17. The van der Waals surface area contributed by atoms with E-state index in [2.05, 4.69) is 49.5 Å². The number of benzene rings is 1. The Morgan fingerprint density at radius 2 is 1.81 bits per heavy atom. The first-order valence-corrected chi connectivity index (χ1v) is 8.72. The minimum Gasteiger partial charge on any atom is -0.374 e. The molecule has 0 saturated heterocycles. The third kappa shape index (κ3) is 4.55. The van der Waals surface area contributed by atoms with Crippen LogP contribution >= 0.6 is 0 Å². The molecule has 118 valence electrons. The molecular formula is C19H31NO. The van der Waals surface area contributed by atoms with Gasteiger partial charge >= 0.3 is 0 Å². The van der Waals surface area contributed by atoms with Crippen LogP contribution in [0.25, 0.3) is 0 Å². The summed E-state index contributed by atoms with van der Waals surface area (Å²) in [4.78, 5) is 0. The van der Waals surface area contributed by atoms with E-state index in [9.17, 15) is 0 Å². The first-order valence-electron chi connectivity index (χ1n) is 8.72. The van der Waals surface area contributed by atoms with E-state index in [0.29, 0.717) is 6.04 Å². The van der Waals surface area contributed by atoms with Gasteiger partial charge in [-0.25, -0.2) is 0 Å². The van der Waals surface area contributed by atoms with Crippen molar-refractivity contribution in [3.63, 3.8) is 0 Å². The van der Waals surface area contributed by atoms with Crippen molar-refractivity contribution in [2.24, 2.45) is 0 Å². The quantitative estimate of drug-likeness (QED) is 0.769. The maximum Gasteiger partial charge on any atom is 0.0837 e. The van der Waals surface area contributed by atoms with Gasteiger partial charge in [-0.1, -0.05) is 56.5 Å². The van der Waals surface area contributed by atoms with Crippen LogP contribution in [0.4, 0.5) is 0 Å². The van der Waals surface area contributed by atoms with Gasteiger partial charge < -0.3 is 10.1 Å². The molecule has 0 aromatic heterocycles. The Morgan fingerprint density at radius 1 is 1.10 bits per heavy atom. The Labute approximate surface area is 130 Å². The van der Waals surface area contributed by atoms with E-state index >= 15 is 0 Å². The zero-order valence-corrected chi connectivity index (χ0v) is 13.7. The molecule has 1 aliphatic carbocycles. The second-order valence-electron chi connectivity index (χ2n) is 6.25. The smallest absolute Gasteiger partial charge is 0.0837 e. The molecule has 0 radical (unpaired) electrons. The molecule has 21 heavy (non-hydrogen) atoms. The Hall–Kier alpha value is -0.860. The van der Waals surface area contributed by atoms with E-state index in [1.165, 1.54) is 44.1 Å². The van der Waals surface area contributed by atoms with Crippen LogP contribution in [0.1, 0.15) is 57.9 Å². The molecule has 2 rings (SSSR count). The van der Waals surface area contributed by atoms with E-state index in [1.54, 1.807) is 0 Å². The predicted octanol–water partition coefficient (Wildman–Crippen LogP) is 4.34. The van der Waals surface area contributed by atoms with Crippen LogP contribution in [0.5, 0.6) is 0 Å². The molecule has 1 N–H and O–H groups in total. The van der Waals surface area contributed by atoms with Gasteiger partial charge in [0.1, 0.15) is 0 Å². The molecule has 1 unspecified atom stereocenters. The van der Waals surface area contributed by atoms with Gasteiger partial charge in [0.25, 0.3) is 0 Å². The van der Waals surface area contributed by atoms with E-state index in [-0.39, 0.29) is 5.60 Å². The van der Waals surface area contributed by atoms with Crippen molar-refractivity contribution < 1.29 is 4.74 Å². The van der Waals surface area contributed by atoms with E-state index in [1.807, 2.05) is 0 Å². The molecule has 0 aliphatic heterocycles. The number of hydrogen-bond donors (Lipinski definition) is 1. The summed E-state index contributed by atoms with van der Waals surface area (Å²) >= 11 is 0. The normalized spacial score (nSPS) is 19.3. The molecule has 1 aliphatic rings. The number of rotatable bonds is 8. The molecule has 0 heterocycles. The molecule has 1 aromatic rings. The lowest BCUT2D eigenvalue weighted by Crippen LogP contribution is -2.55. The van der Waals surface area contributed by atoms with Crippen LogP contribution in [0, 0.1) is 0 Å². The van der Waals surface area contributed by atoms with Gasteiger partial charge in [-0.2, -0.15) is 0 Å². The summed E-state index contributed by atoms with van der Waals surface area (Å²) in [6, 6.07) is 11.3. The fourth-order valence-corrected chi connectivity index (χ4v) is 3.64. The summed E-state index contributed by atoms with van der Waals surface area (Å²) in [6.07, 6.45) is 8.62. The van der Waals surface area contributed by atoms with Crippen LogP contribution in [0.3, 0.4) is 0 Å². The summed E-state index contributed by atoms with van der Waals surface area (Å²) < 4.78 is 6.34. The predicted molar refractivity (Wildman–Crippen MR) is 89.7 cm³/mol. The fraction of sp³-hybridized carbons (Fsp3) is 0.684. The summed E-state index contributed by atoms with van der Waals surface area (Å²) in [6.45, 7) is 6.27. The first kappa shape index (κ1) is 16.5. The van der Waals surface area contributed by atoms with Crippen LogP contribution in [-0.2, 0) is 11.2 Å². The van der Waals surface area contributed by atoms with Gasteiger partial charge in [0.2, 0.25) is 0 Å². The maximum absolute atomic E-state index is 6.34. The Morgan fingerprint density at radius 3 is 2.43 bits per heavy atom. The van der Waals surface area contributed by atoms with E-state index in [0.717, 1.165) is 19.6 Å². The molecule has 1 saturated carbocycles. The van der Waals surface area contributed by atoms with Crippen LogP contribution in [-0.4, -0.2) is 24.8 Å². The van der Waals surface area contributed by atoms with Gasteiger partial charge in [0, 0.05) is 12.6 Å². The molecule has 1 aromatic carbocycles. The maximum atomic E-state index is 6.34. The van der Waals surface area contributed by atoms with Crippen molar-refractivity contribution in [1.29, 1.82) is 0 Å². The minimum absolute atomic E-state index is 0.0397.